The lowest BCUT2D eigenvalue weighted by Crippen LogP contribution is -2.48. The van der Waals surface area contributed by atoms with Crippen LogP contribution in [0.3, 0.4) is 0 Å². The standard InChI is InChI=1S/C14H27N3O3S/c1-15-8-9-16-14(20)12(7-10-18)17(2)13(19)6-4-3-5-11-21/h10,12,15,21H,3-9,11H2,1-2H3,(H,16,20)/t12-/m0/s1. The number of likely N-dealkylation sites (N-methyl/N-ethyl adjacent to an activating group) is 2. The van der Waals surface area contributed by atoms with Crippen LogP contribution in [0.1, 0.15) is 32.1 Å². The van der Waals surface area contributed by atoms with Crippen molar-refractivity contribution in [2.45, 2.75) is 38.1 Å². The summed E-state index contributed by atoms with van der Waals surface area (Å²) >= 11 is 4.12. The first kappa shape index (κ1) is 19.9. The molecule has 0 aliphatic heterocycles. The van der Waals surface area contributed by atoms with Gasteiger partial charge in [0.25, 0.3) is 0 Å². The van der Waals surface area contributed by atoms with Crippen LogP contribution in [0.5, 0.6) is 0 Å². The lowest BCUT2D eigenvalue weighted by atomic mass is 10.1. The first-order chi connectivity index (χ1) is 10.1. The number of unbranched alkanes of at least 4 members (excludes halogenated alkanes) is 2. The molecule has 0 heterocycles. The lowest BCUT2D eigenvalue weighted by Gasteiger charge is -2.26. The average molecular weight is 317 g/mol. The quantitative estimate of drug-likeness (QED) is 0.273. The van der Waals surface area contributed by atoms with Crippen molar-refractivity contribution in [3.63, 3.8) is 0 Å². The molecule has 0 spiro atoms. The second-order valence-corrected chi connectivity index (χ2v) is 5.30. The van der Waals surface area contributed by atoms with E-state index in [1.165, 1.54) is 4.90 Å². The molecule has 6 nitrogen and oxygen atoms in total. The van der Waals surface area contributed by atoms with Crippen LogP contribution >= 0.6 is 12.6 Å². The summed E-state index contributed by atoms with van der Waals surface area (Å²) in [4.78, 5) is 36.2. The number of nitrogens with one attached hydrogen (secondary N) is 2. The molecule has 0 aromatic carbocycles. The fourth-order valence-corrected chi connectivity index (χ4v) is 2.10. The van der Waals surface area contributed by atoms with Crippen molar-refractivity contribution in [2.24, 2.45) is 0 Å². The molecule has 0 rings (SSSR count). The van der Waals surface area contributed by atoms with Crippen molar-refractivity contribution in [2.75, 3.05) is 32.9 Å². The minimum absolute atomic E-state index is 0.0181. The van der Waals surface area contributed by atoms with Gasteiger partial charge in [-0.1, -0.05) is 6.42 Å². The normalized spacial score (nSPS) is 11.8. The van der Waals surface area contributed by atoms with Gasteiger partial charge in [-0.15, -0.1) is 0 Å². The highest BCUT2D eigenvalue weighted by atomic mass is 32.1. The Morgan fingerprint density at radius 3 is 2.52 bits per heavy atom. The van der Waals surface area contributed by atoms with Gasteiger partial charge in [0.2, 0.25) is 11.8 Å². The summed E-state index contributed by atoms with van der Waals surface area (Å²) in [5, 5.41) is 5.63. The van der Waals surface area contributed by atoms with Crippen LogP contribution < -0.4 is 10.6 Å². The maximum Gasteiger partial charge on any atom is 0.243 e. The zero-order chi connectivity index (χ0) is 16.1. The Morgan fingerprint density at radius 1 is 1.24 bits per heavy atom. The Hall–Kier alpha value is -1.08. The van der Waals surface area contributed by atoms with Crippen molar-refractivity contribution in [3.8, 4) is 0 Å². The van der Waals surface area contributed by atoms with Crippen molar-refractivity contribution in [3.05, 3.63) is 0 Å². The summed E-state index contributed by atoms with van der Waals surface area (Å²) in [5.41, 5.74) is 0. The fraction of sp³-hybridized carbons (Fsp3) is 0.786. The highest BCUT2D eigenvalue weighted by molar-refractivity contribution is 7.80. The van der Waals surface area contributed by atoms with E-state index in [0.29, 0.717) is 25.8 Å². The number of hydrogen-bond acceptors (Lipinski definition) is 5. The smallest absolute Gasteiger partial charge is 0.243 e. The van der Waals surface area contributed by atoms with Crippen LogP contribution in [0, 0.1) is 0 Å². The summed E-state index contributed by atoms with van der Waals surface area (Å²) < 4.78 is 0. The maximum absolute atomic E-state index is 12.1. The third-order valence-corrected chi connectivity index (χ3v) is 3.52. The van der Waals surface area contributed by atoms with E-state index >= 15 is 0 Å². The second-order valence-electron chi connectivity index (χ2n) is 4.85. The van der Waals surface area contributed by atoms with Crippen molar-refractivity contribution >= 4 is 30.7 Å². The van der Waals surface area contributed by atoms with Crippen LogP contribution in [0.2, 0.25) is 0 Å². The van der Waals surface area contributed by atoms with Crippen molar-refractivity contribution in [1.29, 1.82) is 0 Å². The molecule has 0 aromatic heterocycles. The van der Waals surface area contributed by atoms with E-state index in [1.54, 1.807) is 14.1 Å². The predicted octanol–water partition coefficient (Wildman–Crippen LogP) is 0.228. The molecule has 0 bridgehead atoms. The summed E-state index contributed by atoms with van der Waals surface area (Å²) in [6.45, 7) is 1.11. The molecule has 122 valence electrons. The van der Waals surface area contributed by atoms with Gasteiger partial charge in [-0.25, -0.2) is 0 Å². The van der Waals surface area contributed by atoms with Gasteiger partial charge in [0, 0.05) is 33.0 Å². The third kappa shape index (κ3) is 8.72. The fourth-order valence-electron chi connectivity index (χ4n) is 1.88. The number of amides is 2. The van der Waals surface area contributed by atoms with Crippen LogP contribution in [0.15, 0.2) is 0 Å². The molecular weight excluding hydrogens is 290 g/mol. The molecular formula is C14H27N3O3S. The zero-order valence-electron chi connectivity index (χ0n) is 12.9. The van der Waals surface area contributed by atoms with Crippen LogP contribution in [0.25, 0.3) is 0 Å². The van der Waals surface area contributed by atoms with E-state index in [0.717, 1.165) is 25.0 Å². The molecule has 7 heteroatoms. The van der Waals surface area contributed by atoms with E-state index in [-0.39, 0.29) is 18.2 Å². The SMILES string of the molecule is CNCCNC(=O)[C@H](CC=O)N(C)C(=O)CCCCCS. The Kier molecular flexibility index (Phi) is 12.0. The lowest BCUT2D eigenvalue weighted by molar-refractivity contribution is -0.139. The number of carbonyl (C=O) groups excluding carboxylic acids is 3. The molecule has 0 unspecified atom stereocenters. The number of rotatable bonds is 12. The van der Waals surface area contributed by atoms with Crippen molar-refractivity contribution < 1.29 is 14.4 Å². The van der Waals surface area contributed by atoms with E-state index < -0.39 is 6.04 Å². The van der Waals surface area contributed by atoms with Crippen LogP contribution in [-0.2, 0) is 14.4 Å². The van der Waals surface area contributed by atoms with Crippen LogP contribution in [-0.4, -0.2) is 62.0 Å². The Morgan fingerprint density at radius 2 is 1.95 bits per heavy atom. The van der Waals surface area contributed by atoms with E-state index in [4.69, 9.17) is 0 Å². The summed E-state index contributed by atoms with van der Waals surface area (Å²) in [5.74, 6) is 0.416. The number of thiol groups is 1. The summed E-state index contributed by atoms with van der Waals surface area (Å²) in [7, 11) is 3.36. The third-order valence-electron chi connectivity index (χ3n) is 3.21. The predicted molar refractivity (Wildman–Crippen MR) is 86.5 cm³/mol. The molecule has 2 N–H and O–H groups in total. The molecule has 0 aromatic rings. The second kappa shape index (κ2) is 12.6. The van der Waals surface area contributed by atoms with E-state index in [2.05, 4.69) is 23.3 Å². The van der Waals surface area contributed by atoms with Crippen LogP contribution in [0.4, 0.5) is 0 Å². The van der Waals surface area contributed by atoms with Gasteiger partial charge in [-0.2, -0.15) is 12.6 Å². The van der Waals surface area contributed by atoms with E-state index in [1.807, 2.05) is 0 Å². The monoisotopic (exact) mass is 317 g/mol. The largest absolute Gasteiger partial charge is 0.353 e. The van der Waals surface area contributed by atoms with Gasteiger partial charge in [0.05, 0.1) is 0 Å². The van der Waals surface area contributed by atoms with Gasteiger partial charge in [-0.05, 0) is 25.6 Å². The van der Waals surface area contributed by atoms with E-state index in [9.17, 15) is 14.4 Å². The average Bonchev–Trinajstić information content (AvgIpc) is 2.48. The molecule has 0 radical (unpaired) electrons. The number of carbonyl (C=O) groups is 3. The summed E-state index contributed by atoms with van der Waals surface area (Å²) in [6, 6.07) is -0.725. The number of hydrogen-bond donors (Lipinski definition) is 3. The first-order valence-corrected chi connectivity index (χ1v) is 7.94. The highest BCUT2D eigenvalue weighted by Crippen LogP contribution is 2.08. The highest BCUT2D eigenvalue weighted by Gasteiger charge is 2.25. The molecule has 0 saturated carbocycles. The molecule has 0 aliphatic carbocycles. The molecule has 0 fully saturated rings. The van der Waals surface area contributed by atoms with Gasteiger partial charge < -0.3 is 20.3 Å². The zero-order valence-corrected chi connectivity index (χ0v) is 13.8. The molecule has 1 atom stereocenters. The Bertz CT molecular complexity index is 327. The number of nitrogens with zero attached hydrogens (tertiary/aromatic N) is 1. The molecule has 0 aliphatic rings. The van der Waals surface area contributed by atoms with Gasteiger partial charge in [0.1, 0.15) is 12.3 Å². The Balaban J connectivity index is 4.37. The van der Waals surface area contributed by atoms with Gasteiger partial charge >= 0.3 is 0 Å². The molecule has 0 saturated heterocycles. The first-order valence-electron chi connectivity index (χ1n) is 7.31. The van der Waals surface area contributed by atoms with Gasteiger partial charge in [-0.3, -0.25) is 9.59 Å². The topological polar surface area (TPSA) is 78.5 Å². The van der Waals surface area contributed by atoms with Crippen molar-refractivity contribution in [1.82, 2.24) is 15.5 Å². The minimum atomic E-state index is -0.725. The summed E-state index contributed by atoms with van der Waals surface area (Å²) in [6.07, 6.45) is 3.78. The Labute approximate surface area is 132 Å². The maximum atomic E-state index is 12.1. The molecule has 21 heavy (non-hydrogen) atoms. The number of aldehydes is 1. The minimum Gasteiger partial charge on any atom is -0.353 e. The molecule has 2 amide bonds. The van der Waals surface area contributed by atoms with Gasteiger partial charge in [0.15, 0.2) is 0 Å².